The van der Waals surface area contributed by atoms with Gasteiger partial charge in [0, 0.05) is 19.5 Å². The number of hydrogen-bond donors (Lipinski definition) is 1. The number of sulfonamides is 1. The van der Waals surface area contributed by atoms with Gasteiger partial charge in [-0.05, 0) is 60.4 Å². The van der Waals surface area contributed by atoms with Gasteiger partial charge in [-0.3, -0.25) is 13.9 Å². The van der Waals surface area contributed by atoms with Crippen molar-refractivity contribution in [1.82, 2.24) is 10.2 Å². The standard InChI is InChI=1S/C35H37Cl2N3O4S/c1-3-4-21-38-35(42)33(22-27-14-7-5-8-15-27)39(24-28-16-12-11-13-26(28)2)34(41)25-40(29-19-20-31(36)32(37)23-29)45(43,44)30-17-9-6-10-18-30/h5-20,23,33H,3-4,21-22,24-25H2,1-2H3,(H,38,42)/t33-/m0/s1. The number of carbonyl (C=O) groups is 2. The molecule has 45 heavy (non-hydrogen) atoms. The first-order valence-electron chi connectivity index (χ1n) is 14.8. The number of carbonyl (C=O) groups excluding carboxylic acids is 2. The van der Waals surface area contributed by atoms with Crippen molar-refractivity contribution in [2.24, 2.45) is 0 Å². The van der Waals surface area contributed by atoms with Gasteiger partial charge in [-0.15, -0.1) is 0 Å². The Bertz CT molecular complexity index is 1700. The molecule has 0 aliphatic carbocycles. The molecule has 1 atom stereocenters. The molecule has 0 spiro atoms. The second kappa shape index (κ2) is 15.9. The second-order valence-corrected chi connectivity index (χ2v) is 13.4. The third-order valence-electron chi connectivity index (χ3n) is 7.50. The van der Waals surface area contributed by atoms with Gasteiger partial charge in [-0.2, -0.15) is 0 Å². The van der Waals surface area contributed by atoms with Gasteiger partial charge in [0.2, 0.25) is 11.8 Å². The predicted molar refractivity (Wildman–Crippen MR) is 181 cm³/mol. The Labute approximate surface area is 275 Å². The Morgan fingerprint density at radius 1 is 0.844 bits per heavy atom. The van der Waals surface area contributed by atoms with Gasteiger partial charge < -0.3 is 10.2 Å². The lowest BCUT2D eigenvalue weighted by Gasteiger charge is -2.34. The highest BCUT2D eigenvalue weighted by atomic mass is 35.5. The molecule has 2 amide bonds. The zero-order chi connectivity index (χ0) is 32.4. The number of amides is 2. The summed E-state index contributed by atoms with van der Waals surface area (Å²) >= 11 is 12.5. The van der Waals surface area contributed by atoms with Crippen LogP contribution in [-0.2, 0) is 32.6 Å². The maximum Gasteiger partial charge on any atom is 0.264 e. The highest BCUT2D eigenvalue weighted by Crippen LogP contribution is 2.31. The molecule has 0 aliphatic rings. The summed E-state index contributed by atoms with van der Waals surface area (Å²) in [6.07, 6.45) is 1.93. The number of hydrogen-bond acceptors (Lipinski definition) is 4. The Morgan fingerprint density at radius 3 is 2.13 bits per heavy atom. The van der Waals surface area contributed by atoms with E-state index in [2.05, 4.69) is 5.32 Å². The van der Waals surface area contributed by atoms with Crippen LogP contribution in [0, 0.1) is 6.92 Å². The fourth-order valence-corrected chi connectivity index (χ4v) is 6.64. The Kier molecular flexibility index (Phi) is 12.0. The zero-order valence-corrected chi connectivity index (χ0v) is 27.7. The van der Waals surface area contributed by atoms with Gasteiger partial charge in [-0.1, -0.05) is 109 Å². The van der Waals surface area contributed by atoms with Crippen LogP contribution >= 0.6 is 23.2 Å². The summed E-state index contributed by atoms with van der Waals surface area (Å²) in [5.41, 5.74) is 2.83. The number of benzene rings is 4. The van der Waals surface area contributed by atoms with E-state index in [0.717, 1.165) is 33.8 Å². The molecule has 4 aromatic rings. The van der Waals surface area contributed by atoms with Gasteiger partial charge >= 0.3 is 0 Å². The van der Waals surface area contributed by atoms with E-state index in [1.807, 2.05) is 68.4 Å². The number of nitrogens with one attached hydrogen (secondary N) is 1. The van der Waals surface area contributed by atoms with Crippen molar-refractivity contribution in [2.45, 2.75) is 50.6 Å². The van der Waals surface area contributed by atoms with Crippen LogP contribution in [-0.4, -0.2) is 44.3 Å². The number of rotatable bonds is 14. The molecule has 1 N–H and O–H groups in total. The third-order valence-corrected chi connectivity index (χ3v) is 10.0. The van der Waals surface area contributed by atoms with Gasteiger partial charge in [0.1, 0.15) is 12.6 Å². The molecular formula is C35H37Cl2N3O4S. The molecule has 4 rings (SSSR count). The highest BCUT2D eigenvalue weighted by molar-refractivity contribution is 7.92. The lowest BCUT2D eigenvalue weighted by Crippen LogP contribution is -2.53. The molecule has 7 nitrogen and oxygen atoms in total. The summed E-state index contributed by atoms with van der Waals surface area (Å²) in [6, 6.07) is 28.5. The minimum absolute atomic E-state index is 0.00692. The summed E-state index contributed by atoms with van der Waals surface area (Å²) in [7, 11) is -4.23. The van der Waals surface area contributed by atoms with Crippen LogP contribution in [0.3, 0.4) is 0 Å². The molecule has 0 radical (unpaired) electrons. The van der Waals surface area contributed by atoms with E-state index in [1.54, 1.807) is 18.2 Å². The maximum atomic E-state index is 14.5. The number of nitrogens with zero attached hydrogens (tertiary/aromatic N) is 2. The van der Waals surface area contributed by atoms with E-state index in [4.69, 9.17) is 23.2 Å². The summed E-state index contributed by atoms with van der Waals surface area (Å²) < 4.78 is 29.2. The molecule has 10 heteroatoms. The lowest BCUT2D eigenvalue weighted by molar-refractivity contribution is -0.140. The average molecular weight is 667 g/mol. The lowest BCUT2D eigenvalue weighted by atomic mass is 10.0. The molecule has 0 heterocycles. The normalized spacial score (nSPS) is 11.9. The van der Waals surface area contributed by atoms with Crippen LogP contribution in [0.2, 0.25) is 10.0 Å². The first-order chi connectivity index (χ1) is 21.6. The SMILES string of the molecule is CCCCNC(=O)[C@H](Cc1ccccc1)N(Cc1ccccc1C)C(=O)CN(c1ccc(Cl)c(Cl)c1)S(=O)(=O)c1ccccc1. The summed E-state index contributed by atoms with van der Waals surface area (Å²) in [5, 5.41) is 3.39. The fraction of sp³-hybridized carbons (Fsp3) is 0.257. The first kappa shape index (κ1) is 34.0. The molecular weight excluding hydrogens is 629 g/mol. The number of unbranched alkanes of at least 4 members (excludes halogenated alkanes) is 1. The van der Waals surface area contributed by atoms with E-state index >= 15 is 0 Å². The van der Waals surface area contributed by atoms with Crippen molar-refractivity contribution in [3.8, 4) is 0 Å². The van der Waals surface area contributed by atoms with E-state index < -0.39 is 28.5 Å². The molecule has 0 saturated carbocycles. The minimum Gasteiger partial charge on any atom is -0.354 e. The number of anilines is 1. The van der Waals surface area contributed by atoms with Crippen LogP contribution in [0.15, 0.2) is 108 Å². The first-order valence-corrected chi connectivity index (χ1v) is 17.0. The minimum atomic E-state index is -4.23. The van der Waals surface area contributed by atoms with Crippen molar-refractivity contribution in [3.63, 3.8) is 0 Å². The Balaban J connectivity index is 1.81. The third kappa shape index (κ3) is 8.87. The van der Waals surface area contributed by atoms with Crippen LogP contribution < -0.4 is 9.62 Å². The molecule has 0 fully saturated rings. The predicted octanol–water partition coefficient (Wildman–Crippen LogP) is 7.05. The second-order valence-electron chi connectivity index (χ2n) is 10.7. The summed E-state index contributed by atoms with van der Waals surface area (Å²) in [5.74, 6) is -0.850. The van der Waals surface area contributed by atoms with Crippen molar-refractivity contribution in [2.75, 3.05) is 17.4 Å². The van der Waals surface area contributed by atoms with E-state index in [-0.39, 0.29) is 39.5 Å². The Hall–Kier alpha value is -3.85. The van der Waals surface area contributed by atoms with Crippen LogP contribution in [0.25, 0.3) is 0 Å². The summed E-state index contributed by atoms with van der Waals surface area (Å²) in [4.78, 5) is 29.8. The van der Waals surface area contributed by atoms with Gasteiger partial charge in [0.15, 0.2) is 0 Å². The molecule has 0 unspecified atom stereocenters. The maximum absolute atomic E-state index is 14.5. The van der Waals surface area contributed by atoms with Gasteiger partial charge in [-0.25, -0.2) is 8.42 Å². The molecule has 0 saturated heterocycles. The van der Waals surface area contributed by atoms with Crippen molar-refractivity contribution in [3.05, 3.63) is 130 Å². The molecule has 4 aromatic carbocycles. The molecule has 0 aliphatic heterocycles. The smallest absolute Gasteiger partial charge is 0.264 e. The van der Waals surface area contributed by atoms with Crippen molar-refractivity contribution in [1.29, 1.82) is 0 Å². The molecule has 236 valence electrons. The quantitative estimate of drug-likeness (QED) is 0.146. The summed E-state index contributed by atoms with van der Waals surface area (Å²) in [6.45, 7) is 3.96. The average Bonchev–Trinajstić information content (AvgIpc) is 3.04. The van der Waals surface area contributed by atoms with Crippen molar-refractivity contribution < 1.29 is 18.0 Å². The van der Waals surface area contributed by atoms with E-state index in [0.29, 0.717) is 6.54 Å². The van der Waals surface area contributed by atoms with Gasteiger partial charge in [0.05, 0.1) is 20.6 Å². The molecule has 0 aromatic heterocycles. The number of halogens is 2. The largest absolute Gasteiger partial charge is 0.354 e. The fourth-order valence-electron chi connectivity index (χ4n) is 4.92. The monoisotopic (exact) mass is 665 g/mol. The van der Waals surface area contributed by atoms with Crippen LogP contribution in [0.4, 0.5) is 5.69 Å². The van der Waals surface area contributed by atoms with Gasteiger partial charge in [0.25, 0.3) is 10.0 Å². The highest BCUT2D eigenvalue weighted by Gasteiger charge is 2.35. The van der Waals surface area contributed by atoms with Crippen LogP contribution in [0.5, 0.6) is 0 Å². The van der Waals surface area contributed by atoms with Crippen LogP contribution in [0.1, 0.15) is 36.5 Å². The van der Waals surface area contributed by atoms with E-state index in [9.17, 15) is 18.0 Å². The molecule has 0 bridgehead atoms. The zero-order valence-electron chi connectivity index (χ0n) is 25.3. The Morgan fingerprint density at radius 2 is 1.49 bits per heavy atom. The van der Waals surface area contributed by atoms with Crippen molar-refractivity contribution >= 4 is 50.7 Å². The van der Waals surface area contributed by atoms with E-state index in [1.165, 1.54) is 35.2 Å². The number of aryl methyl sites for hydroxylation is 1. The topological polar surface area (TPSA) is 86.8 Å².